The lowest BCUT2D eigenvalue weighted by atomic mass is 10.1. The zero-order chi connectivity index (χ0) is 14.2. The number of aryl methyl sites for hydroxylation is 2. The second kappa shape index (κ2) is 4.87. The molecule has 0 fully saturated rings. The largest absolute Gasteiger partial charge is 0.475 e. The van der Waals surface area contributed by atoms with Crippen LogP contribution in [0.15, 0.2) is 10.5 Å². The van der Waals surface area contributed by atoms with E-state index in [4.69, 9.17) is 9.52 Å². The molecule has 2 rings (SSSR count). The molecule has 6 nitrogen and oxygen atoms in total. The number of aromatic carboxylic acids is 1. The van der Waals surface area contributed by atoms with Gasteiger partial charge < -0.3 is 9.52 Å². The average Bonchev–Trinajstić information content (AvgIpc) is 2.91. The molecule has 0 saturated heterocycles. The van der Waals surface area contributed by atoms with Gasteiger partial charge in [0, 0.05) is 7.05 Å². The van der Waals surface area contributed by atoms with Crippen LogP contribution in [-0.4, -0.2) is 25.8 Å². The highest BCUT2D eigenvalue weighted by molar-refractivity contribution is 5.86. The minimum atomic E-state index is -1.10. The predicted molar refractivity (Wildman–Crippen MR) is 69.1 cm³/mol. The van der Waals surface area contributed by atoms with E-state index >= 15 is 0 Å². The summed E-state index contributed by atoms with van der Waals surface area (Å²) in [5, 5.41) is 13.4. The van der Waals surface area contributed by atoms with Gasteiger partial charge in [0.2, 0.25) is 11.7 Å². The summed E-state index contributed by atoms with van der Waals surface area (Å²) in [6.07, 6.45) is 0.803. The second-order valence-corrected chi connectivity index (χ2v) is 4.69. The highest BCUT2D eigenvalue weighted by Crippen LogP contribution is 2.26. The van der Waals surface area contributed by atoms with Gasteiger partial charge in [-0.3, -0.25) is 4.68 Å². The Balaban J connectivity index is 2.53. The Kier molecular flexibility index (Phi) is 3.42. The van der Waals surface area contributed by atoms with Crippen LogP contribution >= 0.6 is 0 Å². The molecule has 1 N–H and O–H groups in total. The Morgan fingerprint density at radius 1 is 1.53 bits per heavy atom. The molecule has 0 aliphatic carbocycles. The second-order valence-electron chi connectivity index (χ2n) is 4.69. The summed E-state index contributed by atoms with van der Waals surface area (Å²) >= 11 is 0. The Hall–Kier alpha value is -2.11. The van der Waals surface area contributed by atoms with Gasteiger partial charge >= 0.3 is 5.97 Å². The summed E-state index contributed by atoms with van der Waals surface area (Å²) in [6.45, 7) is 5.77. The Labute approximate surface area is 111 Å². The van der Waals surface area contributed by atoms with Crippen LogP contribution in [0.2, 0.25) is 0 Å². The standard InChI is InChI=1S/C13H17N3O3/c1-5-8-6-9(16(4)15-8)12-14-10(7(2)3)11(19-12)13(17)18/h6-7H,5H2,1-4H3,(H,17,18). The topological polar surface area (TPSA) is 81.1 Å². The quantitative estimate of drug-likeness (QED) is 0.916. The number of oxazole rings is 1. The molecule has 0 amide bonds. The summed E-state index contributed by atoms with van der Waals surface area (Å²) in [4.78, 5) is 15.5. The first kappa shape index (κ1) is 13.3. The summed E-state index contributed by atoms with van der Waals surface area (Å²) in [5.74, 6) is -0.900. The third kappa shape index (κ3) is 2.38. The van der Waals surface area contributed by atoms with E-state index in [1.165, 1.54) is 0 Å². The van der Waals surface area contributed by atoms with Crippen LogP contribution in [0.5, 0.6) is 0 Å². The zero-order valence-electron chi connectivity index (χ0n) is 11.5. The van der Waals surface area contributed by atoms with Crippen LogP contribution in [0.25, 0.3) is 11.6 Å². The van der Waals surface area contributed by atoms with E-state index in [9.17, 15) is 4.79 Å². The molecule has 2 aromatic rings. The van der Waals surface area contributed by atoms with Gasteiger partial charge in [0.25, 0.3) is 0 Å². The Morgan fingerprint density at radius 3 is 2.63 bits per heavy atom. The van der Waals surface area contributed by atoms with Gasteiger partial charge in [-0.1, -0.05) is 20.8 Å². The van der Waals surface area contributed by atoms with Crippen molar-refractivity contribution in [3.63, 3.8) is 0 Å². The highest BCUT2D eigenvalue weighted by atomic mass is 16.4. The molecule has 0 radical (unpaired) electrons. The van der Waals surface area contributed by atoms with Crippen LogP contribution in [0.4, 0.5) is 0 Å². The molecule has 0 spiro atoms. The lowest BCUT2D eigenvalue weighted by Crippen LogP contribution is -2.01. The van der Waals surface area contributed by atoms with Gasteiger partial charge in [-0.25, -0.2) is 9.78 Å². The third-order valence-corrected chi connectivity index (χ3v) is 2.91. The van der Waals surface area contributed by atoms with E-state index in [0.29, 0.717) is 17.3 Å². The van der Waals surface area contributed by atoms with Crippen LogP contribution in [-0.2, 0) is 13.5 Å². The van der Waals surface area contributed by atoms with Crippen LogP contribution in [0, 0.1) is 0 Å². The molecule has 0 aliphatic rings. The molecule has 0 atom stereocenters. The number of rotatable bonds is 4. The minimum absolute atomic E-state index is 0.0116. The van der Waals surface area contributed by atoms with E-state index in [-0.39, 0.29) is 11.7 Å². The summed E-state index contributed by atoms with van der Waals surface area (Å²) in [7, 11) is 1.79. The number of carboxylic acid groups (broad SMARTS) is 1. The average molecular weight is 263 g/mol. The number of nitrogens with zero attached hydrogens (tertiary/aromatic N) is 3. The number of carbonyl (C=O) groups is 1. The lowest BCUT2D eigenvalue weighted by molar-refractivity contribution is 0.0661. The fourth-order valence-corrected chi connectivity index (χ4v) is 1.89. The SMILES string of the molecule is CCc1cc(-c2nc(C(C)C)c(C(=O)O)o2)n(C)n1. The summed E-state index contributed by atoms with van der Waals surface area (Å²) < 4.78 is 7.04. The van der Waals surface area contributed by atoms with Crippen LogP contribution in [0.3, 0.4) is 0 Å². The Bertz CT molecular complexity index is 611. The van der Waals surface area contributed by atoms with Gasteiger partial charge in [0.15, 0.2) is 0 Å². The molecule has 0 aromatic carbocycles. The van der Waals surface area contributed by atoms with Crippen molar-refractivity contribution in [2.45, 2.75) is 33.1 Å². The molecule has 0 aliphatic heterocycles. The van der Waals surface area contributed by atoms with E-state index in [1.807, 2.05) is 26.8 Å². The van der Waals surface area contributed by atoms with Crippen molar-refractivity contribution in [1.82, 2.24) is 14.8 Å². The predicted octanol–water partition coefficient (Wildman–Crippen LogP) is 2.46. The molecular weight excluding hydrogens is 246 g/mol. The fraction of sp³-hybridized carbons (Fsp3) is 0.462. The highest BCUT2D eigenvalue weighted by Gasteiger charge is 2.23. The molecule has 0 unspecified atom stereocenters. The number of hydrogen-bond acceptors (Lipinski definition) is 4. The first-order valence-electron chi connectivity index (χ1n) is 6.21. The molecule has 19 heavy (non-hydrogen) atoms. The third-order valence-electron chi connectivity index (χ3n) is 2.91. The first-order chi connectivity index (χ1) is 8.93. The van der Waals surface area contributed by atoms with Gasteiger partial charge in [-0.15, -0.1) is 0 Å². The van der Waals surface area contributed by atoms with Crippen molar-refractivity contribution in [3.05, 3.63) is 23.2 Å². The summed E-state index contributed by atoms with van der Waals surface area (Å²) in [6, 6.07) is 1.86. The van der Waals surface area contributed by atoms with Crippen molar-refractivity contribution in [2.24, 2.45) is 7.05 Å². The van der Waals surface area contributed by atoms with Crippen molar-refractivity contribution in [3.8, 4) is 11.6 Å². The van der Waals surface area contributed by atoms with E-state index in [0.717, 1.165) is 12.1 Å². The maximum Gasteiger partial charge on any atom is 0.373 e. The monoisotopic (exact) mass is 263 g/mol. The smallest absolute Gasteiger partial charge is 0.373 e. The van der Waals surface area contributed by atoms with Gasteiger partial charge in [-0.05, 0) is 18.4 Å². The van der Waals surface area contributed by atoms with E-state index in [1.54, 1.807) is 11.7 Å². The first-order valence-corrected chi connectivity index (χ1v) is 6.21. The maximum atomic E-state index is 11.2. The number of aromatic nitrogens is 3. The molecule has 2 aromatic heterocycles. The van der Waals surface area contributed by atoms with Gasteiger partial charge in [-0.2, -0.15) is 5.10 Å². The lowest BCUT2D eigenvalue weighted by Gasteiger charge is -1.98. The zero-order valence-corrected chi connectivity index (χ0v) is 11.5. The molecule has 6 heteroatoms. The maximum absolute atomic E-state index is 11.2. The number of hydrogen-bond donors (Lipinski definition) is 1. The molecule has 0 bridgehead atoms. The molecular formula is C13H17N3O3. The van der Waals surface area contributed by atoms with Crippen molar-refractivity contribution in [2.75, 3.05) is 0 Å². The fourth-order valence-electron chi connectivity index (χ4n) is 1.89. The van der Waals surface area contributed by atoms with Crippen molar-refractivity contribution in [1.29, 1.82) is 0 Å². The van der Waals surface area contributed by atoms with Crippen LogP contribution in [0.1, 0.15) is 48.6 Å². The van der Waals surface area contributed by atoms with Crippen molar-refractivity contribution >= 4 is 5.97 Å². The molecule has 102 valence electrons. The minimum Gasteiger partial charge on any atom is -0.475 e. The van der Waals surface area contributed by atoms with E-state index < -0.39 is 5.97 Å². The number of carboxylic acids is 1. The Morgan fingerprint density at radius 2 is 2.21 bits per heavy atom. The molecule has 0 saturated carbocycles. The summed E-state index contributed by atoms with van der Waals surface area (Å²) in [5.41, 5.74) is 2.06. The van der Waals surface area contributed by atoms with Gasteiger partial charge in [0.1, 0.15) is 5.69 Å². The van der Waals surface area contributed by atoms with Gasteiger partial charge in [0.05, 0.1) is 11.4 Å². The normalized spacial score (nSPS) is 11.2. The molecule has 2 heterocycles. The van der Waals surface area contributed by atoms with E-state index in [2.05, 4.69) is 10.1 Å². The van der Waals surface area contributed by atoms with Crippen molar-refractivity contribution < 1.29 is 14.3 Å². The van der Waals surface area contributed by atoms with Crippen LogP contribution < -0.4 is 0 Å².